The van der Waals surface area contributed by atoms with E-state index in [4.69, 9.17) is 0 Å². The van der Waals surface area contributed by atoms with Crippen molar-refractivity contribution in [3.05, 3.63) is 167 Å². The molecule has 0 amide bonds. The molecule has 0 spiro atoms. The summed E-state index contributed by atoms with van der Waals surface area (Å²) in [7, 11) is 0. The SMILES string of the molecule is CCCCCCc1ccc(N(c2ccc(-c3ccc(N(c4cccc(C)c4)c4ccc5c(c4)CC5)cc3)cc2)c2cccc(C)c2)cc1. The minimum absolute atomic E-state index is 1.15. The topological polar surface area (TPSA) is 6.48 Å². The van der Waals surface area contributed by atoms with Gasteiger partial charge in [0.25, 0.3) is 0 Å². The summed E-state index contributed by atoms with van der Waals surface area (Å²) >= 11 is 0. The van der Waals surface area contributed by atoms with Crippen LogP contribution in [0.3, 0.4) is 0 Å². The van der Waals surface area contributed by atoms with E-state index in [-0.39, 0.29) is 0 Å². The Labute approximate surface area is 287 Å². The average molecular weight is 627 g/mol. The number of anilines is 6. The standard InChI is InChI=1S/C46H46N2/c1-4-5-6-7-12-36-15-24-41(25-16-36)47(44-13-8-10-34(2)31-44)42-26-19-37(20-27-42)38-21-28-43(29-22-38)48(45-14-9-11-35(3)32-45)46-30-23-39-17-18-40(39)33-46/h8-11,13-16,19-33H,4-7,12,17-18H2,1-3H3. The normalized spacial score (nSPS) is 11.9. The van der Waals surface area contributed by atoms with Crippen molar-refractivity contribution in [2.45, 2.75) is 65.7 Å². The number of rotatable bonds is 12. The Morgan fingerprint density at radius 1 is 0.438 bits per heavy atom. The van der Waals surface area contributed by atoms with Gasteiger partial charge in [0.1, 0.15) is 0 Å². The number of benzene rings is 6. The molecule has 0 saturated heterocycles. The summed E-state index contributed by atoms with van der Waals surface area (Å²) in [5.41, 5.74) is 16.4. The number of hydrogen-bond donors (Lipinski definition) is 0. The van der Waals surface area contributed by atoms with Gasteiger partial charge in [-0.1, -0.05) is 92.9 Å². The first kappa shape index (κ1) is 31.5. The molecule has 1 aliphatic rings. The average Bonchev–Trinajstić information content (AvgIpc) is 3.09. The zero-order valence-corrected chi connectivity index (χ0v) is 28.6. The molecule has 0 N–H and O–H groups in total. The molecule has 2 heteroatoms. The van der Waals surface area contributed by atoms with Gasteiger partial charge in [-0.3, -0.25) is 0 Å². The lowest BCUT2D eigenvalue weighted by Gasteiger charge is -2.29. The fraction of sp³-hybridized carbons (Fsp3) is 0.217. The van der Waals surface area contributed by atoms with Crippen LogP contribution in [0.4, 0.5) is 34.1 Å². The van der Waals surface area contributed by atoms with Gasteiger partial charge in [-0.25, -0.2) is 0 Å². The highest BCUT2D eigenvalue weighted by Gasteiger charge is 2.19. The van der Waals surface area contributed by atoms with Crippen molar-refractivity contribution in [1.82, 2.24) is 0 Å². The van der Waals surface area contributed by atoms with Crippen molar-refractivity contribution in [3.63, 3.8) is 0 Å². The van der Waals surface area contributed by atoms with E-state index < -0.39 is 0 Å². The molecule has 240 valence electrons. The molecule has 7 rings (SSSR count). The number of nitrogens with zero attached hydrogens (tertiary/aromatic N) is 2. The third-order valence-corrected chi connectivity index (χ3v) is 9.73. The van der Waals surface area contributed by atoms with E-state index in [0.717, 1.165) is 12.1 Å². The van der Waals surface area contributed by atoms with E-state index in [2.05, 4.69) is 170 Å². The van der Waals surface area contributed by atoms with E-state index in [1.54, 1.807) is 0 Å². The van der Waals surface area contributed by atoms with Crippen molar-refractivity contribution in [2.75, 3.05) is 9.80 Å². The van der Waals surface area contributed by atoms with E-state index in [1.807, 2.05) is 0 Å². The smallest absolute Gasteiger partial charge is 0.0464 e. The molecule has 2 nitrogen and oxygen atoms in total. The minimum atomic E-state index is 1.15. The van der Waals surface area contributed by atoms with E-state index in [0.29, 0.717) is 0 Å². The summed E-state index contributed by atoms with van der Waals surface area (Å²) in [6.45, 7) is 6.60. The highest BCUT2D eigenvalue weighted by Crippen LogP contribution is 2.40. The monoisotopic (exact) mass is 626 g/mol. The van der Waals surface area contributed by atoms with Crippen LogP contribution in [0.1, 0.15) is 60.4 Å². The first-order valence-corrected chi connectivity index (χ1v) is 17.7. The second-order valence-corrected chi connectivity index (χ2v) is 13.4. The lowest BCUT2D eigenvalue weighted by Crippen LogP contribution is -2.14. The predicted molar refractivity (Wildman–Crippen MR) is 206 cm³/mol. The third-order valence-electron chi connectivity index (χ3n) is 9.73. The molecule has 1 aliphatic carbocycles. The Hall–Kier alpha value is -5.08. The second kappa shape index (κ2) is 14.4. The molecule has 0 fully saturated rings. The predicted octanol–water partition coefficient (Wildman–Crippen LogP) is 13.1. The summed E-state index contributed by atoms with van der Waals surface area (Å²) in [6.07, 6.45) is 8.68. The van der Waals surface area contributed by atoms with Gasteiger partial charge in [0, 0.05) is 34.1 Å². The molecule has 0 aliphatic heterocycles. The van der Waals surface area contributed by atoms with Gasteiger partial charge in [-0.15, -0.1) is 0 Å². The summed E-state index contributed by atoms with van der Waals surface area (Å²) in [5.74, 6) is 0. The van der Waals surface area contributed by atoms with Gasteiger partial charge >= 0.3 is 0 Å². The fourth-order valence-electron chi connectivity index (χ4n) is 6.92. The Morgan fingerprint density at radius 2 is 0.917 bits per heavy atom. The minimum Gasteiger partial charge on any atom is -0.310 e. The van der Waals surface area contributed by atoms with Crippen LogP contribution in [-0.4, -0.2) is 0 Å². The van der Waals surface area contributed by atoms with Gasteiger partial charge in [-0.05, 0) is 151 Å². The first-order valence-electron chi connectivity index (χ1n) is 17.7. The quantitative estimate of drug-likeness (QED) is 0.125. The van der Waals surface area contributed by atoms with Crippen LogP contribution in [0.2, 0.25) is 0 Å². The molecule has 6 aromatic carbocycles. The third kappa shape index (κ3) is 6.94. The van der Waals surface area contributed by atoms with Gasteiger partial charge in [-0.2, -0.15) is 0 Å². The molecule has 0 bridgehead atoms. The van der Waals surface area contributed by atoms with E-state index in [9.17, 15) is 0 Å². The summed E-state index contributed by atoms with van der Waals surface area (Å²) in [4.78, 5) is 4.75. The largest absolute Gasteiger partial charge is 0.310 e. The molecule has 0 heterocycles. The van der Waals surface area contributed by atoms with Crippen molar-refractivity contribution in [3.8, 4) is 11.1 Å². The highest BCUT2D eigenvalue weighted by molar-refractivity contribution is 5.81. The number of aryl methyl sites for hydroxylation is 5. The fourth-order valence-corrected chi connectivity index (χ4v) is 6.92. The van der Waals surface area contributed by atoms with Crippen LogP contribution in [0.5, 0.6) is 0 Å². The summed E-state index contributed by atoms with van der Waals surface area (Å²) < 4.78 is 0. The maximum atomic E-state index is 2.38. The highest BCUT2D eigenvalue weighted by atomic mass is 15.1. The number of fused-ring (bicyclic) bond motifs is 1. The Kier molecular flexibility index (Phi) is 9.43. The second-order valence-electron chi connectivity index (χ2n) is 13.4. The summed E-state index contributed by atoms with van der Waals surface area (Å²) in [6, 6.07) is 51.7. The summed E-state index contributed by atoms with van der Waals surface area (Å²) in [5, 5.41) is 0. The van der Waals surface area contributed by atoms with Crippen molar-refractivity contribution >= 4 is 34.1 Å². The Morgan fingerprint density at radius 3 is 1.40 bits per heavy atom. The zero-order chi connectivity index (χ0) is 32.9. The maximum Gasteiger partial charge on any atom is 0.0464 e. The van der Waals surface area contributed by atoms with Gasteiger partial charge in [0.2, 0.25) is 0 Å². The van der Waals surface area contributed by atoms with Crippen LogP contribution in [0.25, 0.3) is 11.1 Å². The van der Waals surface area contributed by atoms with Crippen LogP contribution in [0, 0.1) is 13.8 Å². The van der Waals surface area contributed by atoms with E-state index >= 15 is 0 Å². The molecular formula is C46H46N2. The number of hydrogen-bond acceptors (Lipinski definition) is 2. The van der Waals surface area contributed by atoms with Gasteiger partial charge in [0.15, 0.2) is 0 Å². The Balaban J connectivity index is 1.16. The Bertz CT molecular complexity index is 1970. The molecule has 0 saturated carbocycles. The lowest BCUT2D eigenvalue weighted by atomic mass is 9.88. The van der Waals surface area contributed by atoms with Crippen molar-refractivity contribution in [1.29, 1.82) is 0 Å². The van der Waals surface area contributed by atoms with Gasteiger partial charge < -0.3 is 9.80 Å². The molecule has 0 unspecified atom stereocenters. The molecule has 0 radical (unpaired) electrons. The van der Waals surface area contributed by atoms with Crippen LogP contribution < -0.4 is 9.80 Å². The first-order chi connectivity index (χ1) is 23.6. The van der Waals surface area contributed by atoms with Crippen molar-refractivity contribution in [2.24, 2.45) is 0 Å². The number of unbranched alkanes of at least 4 members (excludes halogenated alkanes) is 3. The van der Waals surface area contributed by atoms with E-state index in [1.165, 1.54) is 106 Å². The lowest BCUT2D eigenvalue weighted by molar-refractivity contribution is 0.667. The maximum absolute atomic E-state index is 2.38. The van der Waals surface area contributed by atoms with Crippen LogP contribution in [-0.2, 0) is 19.3 Å². The molecular weight excluding hydrogens is 581 g/mol. The van der Waals surface area contributed by atoms with Crippen LogP contribution in [0.15, 0.2) is 140 Å². The van der Waals surface area contributed by atoms with Gasteiger partial charge in [0.05, 0.1) is 0 Å². The van der Waals surface area contributed by atoms with Crippen molar-refractivity contribution < 1.29 is 0 Å². The molecule has 0 atom stereocenters. The molecule has 6 aromatic rings. The van der Waals surface area contributed by atoms with Crippen LogP contribution >= 0.6 is 0 Å². The molecule has 48 heavy (non-hydrogen) atoms. The zero-order valence-electron chi connectivity index (χ0n) is 28.6. The molecule has 0 aromatic heterocycles.